The molecular weight excluding hydrogens is 348 g/mol. The molecule has 1 aliphatic heterocycles. The second-order valence-electron chi connectivity index (χ2n) is 6.91. The monoisotopic (exact) mass is 370 g/mol. The fraction of sp³-hybridized carbons (Fsp3) is 0.350. The summed E-state index contributed by atoms with van der Waals surface area (Å²) in [6.07, 6.45) is 4.17. The average Bonchev–Trinajstić information content (AvgIpc) is 3.08. The van der Waals surface area contributed by atoms with Crippen LogP contribution >= 0.6 is 0 Å². The summed E-state index contributed by atoms with van der Waals surface area (Å²) in [5, 5.41) is 0. The minimum atomic E-state index is -3.61. The molecule has 2 aliphatic rings. The fourth-order valence-electron chi connectivity index (χ4n) is 3.86. The minimum Gasteiger partial charge on any atom is -0.312 e. The third-order valence-electron chi connectivity index (χ3n) is 5.20. The maximum Gasteiger partial charge on any atom is 0.241 e. The van der Waals surface area contributed by atoms with Gasteiger partial charge in [0.15, 0.2) is 0 Å². The largest absolute Gasteiger partial charge is 0.312 e. The lowest BCUT2D eigenvalue weighted by Crippen LogP contribution is -2.31. The second kappa shape index (κ2) is 6.85. The van der Waals surface area contributed by atoms with Crippen molar-refractivity contribution >= 4 is 21.6 Å². The molecule has 1 heterocycles. The van der Waals surface area contributed by atoms with Crippen molar-refractivity contribution in [2.45, 2.75) is 43.0 Å². The van der Waals surface area contributed by atoms with Crippen LogP contribution in [0.5, 0.6) is 0 Å². The SMILES string of the molecule is O=C1CCCN1c1ccc(S(=O)(=O)N[C@@H]2CCCc3ccccc32)cc1. The van der Waals surface area contributed by atoms with E-state index in [0.29, 0.717) is 13.0 Å². The van der Waals surface area contributed by atoms with E-state index in [1.165, 1.54) is 5.56 Å². The van der Waals surface area contributed by atoms with Gasteiger partial charge in [0.1, 0.15) is 0 Å². The van der Waals surface area contributed by atoms with Crippen molar-refractivity contribution in [1.29, 1.82) is 0 Å². The molecule has 1 atom stereocenters. The van der Waals surface area contributed by atoms with Crippen molar-refractivity contribution in [2.75, 3.05) is 11.4 Å². The predicted molar refractivity (Wildman–Crippen MR) is 100 cm³/mol. The van der Waals surface area contributed by atoms with Gasteiger partial charge in [-0.2, -0.15) is 0 Å². The Morgan fingerprint density at radius 1 is 0.962 bits per heavy atom. The van der Waals surface area contributed by atoms with E-state index >= 15 is 0 Å². The third kappa shape index (κ3) is 3.27. The molecule has 0 spiro atoms. The lowest BCUT2D eigenvalue weighted by atomic mass is 9.88. The van der Waals surface area contributed by atoms with Crippen molar-refractivity contribution in [2.24, 2.45) is 0 Å². The molecule has 2 aromatic rings. The molecule has 0 saturated carbocycles. The highest BCUT2D eigenvalue weighted by molar-refractivity contribution is 7.89. The highest BCUT2D eigenvalue weighted by Crippen LogP contribution is 2.31. The van der Waals surface area contributed by atoms with Crippen LogP contribution in [0.15, 0.2) is 53.4 Å². The molecule has 5 nitrogen and oxygen atoms in total. The van der Waals surface area contributed by atoms with E-state index in [2.05, 4.69) is 10.8 Å². The Morgan fingerprint density at radius 2 is 1.73 bits per heavy atom. The Kier molecular flexibility index (Phi) is 4.54. The first-order chi connectivity index (χ1) is 12.5. The lowest BCUT2D eigenvalue weighted by molar-refractivity contribution is -0.117. The van der Waals surface area contributed by atoms with Gasteiger partial charge in [-0.3, -0.25) is 4.79 Å². The Labute approximate surface area is 154 Å². The predicted octanol–water partition coefficient (Wildman–Crippen LogP) is 3.17. The molecule has 0 unspecified atom stereocenters. The maximum atomic E-state index is 12.8. The van der Waals surface area contributed by atoms with Crippen LogP contribution in [0.3, 0.4) is 0 Å². The van der Waals surface area contributed by atoms with Crippen LogP contribution in [0.4, 0.5) is 5.69 Å². The minimum absolute atomic E-state index is 0.0949. The summed E-state index contributed by atoms with van der Waals surface area (Å²) < 4.78 is 28.5. The number of hydrogen-bond acceptors (Lipinski definition) is 3. The lowest BCUT2D eigenvalue weighted by Gasteiger charge is -2.26. The molecule has 1 N–H and O–H groups in total. The van der Waals surface area contributed by atoms with Crippen molar-refractivity contribution in [3.63, 3.8) is 0 Å². The topological polar surface area (TPSA) is 66.5 Å². The maximum absolute atomic E-state index is 12.8. The highest BCUT2D eigenvalue weighted by Gasteiger charge is 2.26. The normalized spacial score (nSPS) is 20.2. The molecule has 0 aromatic heterocycles. The van der Waals surface area contributed by atoms with Gasteiger partial charge >= 0.3 is 0 Å². The van der Waals surface area contributed by atoms with E-state index in [1.807, 2.05) is 18.2 Å². The zero-order valence-electron chi connectivity index (χ0n) is 14.5. The standard InChI is InChI=1S/C20H22N2O3S/c23-20-9-4-14-22(20)16-10-12-17(13-11-16)26(24,25)21-19-8-3-6-15-5-1-2-7-18(15)19/h1-2,5,7,10-13,19,21H,3-4,6,8-9,14H2/t19-/m1/s1. The van der Waals surface area contributed by atoms with Crippen molar-refractivity contribution in [3.05, 3.63) is 59.7 Å². The van der Waals surface area contributed by atoms with E-state index in [1.54, 1.807) is 29.2 Å². The van der Waals surface area contributed by atoms with Crippen LogP contribution in [-0.2, 0) is 21.2 Å². The zero-order chi connectivity index (χ0) is 18.1. The van der Waals surface area contributed by atoms with E-state index in [-0.39, 0.29) is 16.8 Å². The molecule has 136 valence electrons. The van der Waals surface area contributed by atoms with Crippen molar-refractivity contribution < 1.29 is 13.2 Å². The number of anilines is 1. The fourth-order valence-corrected chi connectivity index (χ4v) is 5.11. The number of nitrogens with zero attached hydrogens (tertiary/aromatic N) is 1. The molecule has 0 radical (unpaired) electrons. The number of carbonyl (C=O) groups is 1. The summed E-state index contributed by atoms with van der Waals surface area (Å²) in [7, 11) is -3.61. The molecule has 1 aliphatic carbocycles. The van der Waals surface area contributed by atoms with E-state index in [9.17, 15) is 13.2 Å². The zero-order valence-corrected chi connectivity index (χ0v) is 15.3. The van der Waals surface area contributed by atoms with Crippen molar-refractivity contribution in [3.8, 4) is 0 Å². The number of rotatable bonds is 4. The molecule has 2 aromatic carbocycles. The van der Waals surface area contributed by atoms with Crippen LogP contribution in [0, 0.1) is 0 Å². The van der Waals surface area contributed by atoms with Crippen LogP contribution < -0.4 is 9.62 Å². The van der Waals surface area contributed by atoms with E-state index in [4.69, 9.17) is 0 Å². The summed E-state index contributed by atoms with van der Waals surface area (Å²) in [5.41, 5.74) is 3.05. The van der Waals surface area contributed by atoms with E-state index in [0.717, 1.165) is 36.9 Å². The van der Waals surface area contributed by atoms with Gasteiger partial charge in [0.2, 0.25) is 15.9 Å². The summed E-state index contributed by atoms with van der Waals surface area (Å²) in [4.78, 5) is 13.8. The van der Waals surface area contributed by atoms with Gasteiger partial charge in [-0.15, -0.1) is 0 Å². The number of aryl methyl sites for hydroxylation is 1. The number of amides is 1. The van der Waals surface area contributed by atoms with Gasteiger partial charge in [-0.05, 0) is 61.1 Å². The molecule has 26 heavy (non-hydrogen) atoms. The quantitative estimate of drug-likeness (QED) is 0.899. The number of benzene rings is 2. The summed E-state index contributed by atoms with van der Waals surface area (Å²) in [6.45, 7) is 0.696. The third-order valence-corrected chi connectivity index (χ3v) is 6.69. The summed E-state index contributed by atoms with van der Waals surface area (Å²) in [6, 6.07) is 14.4. The van der Waals surface area contributed by atoms with Gasteiger partial charge in [-0.25, -0.2) is 13.1 Å². The first-order valence-corrected chi connectivity index (χ1v) is 10.5. The van der Waals surface area contributed by atoms with E-state index < -0.39 is 10.0 Å². The molecule has 4 rings (SSSR count). The van der Waals surface area contributed by atoms with Crippen LogP contribution in [-0.4, -0.2) is 20.9 Å². The van der Waals surface area contributed by atoms with Crippen LogP contribution in [0.1, 0.15) is 42.9 Å². The molecule has 6 heteroatoms. The molecule has 0 bridgehead atoms. The number of nitrogens with one attached hydrogen (secondary N) is 1. The highest BCUT2D eigenvalue weighted by atomic mass is 32.2. The Bertz CT molecular complexity index is 922. The number of fused-ring (bicyclic) bond motifs is 1. The molecule has 1 saturated heterocycles. The molecular formula is C20H22N2O3S. The first kappa shape index (κ1) is 17.2. The first-order valence-electron chi connectivity index (χ1n) is 9.05. The number of carbonyl (C=O) groups excluding carboxylic acids is 1. The second-order valence-corrected chi connectivity index (χ2v) is 8.62. The summed E-state index contributed by atoms with van der Waals surface area (Å²) >= 11 is 0. The molecule has 1 fully saturated rings. The van der Waals surface area contributed by atoms with Gasteiger partial charge in [-0.1, -0.05) is 24.3 Å². The van der Waals surface area contributed by atoms with Gasteiger partial charge in [0, 0.05) is 24.7 Å². The molecule has 1 amide bonds. The Morgan fingerprint density at radius 3 is 2.46 bits per heavy atom. The van der Waals surface area contributed by atoms with Gasteiger partial charge < -0.3 is 4.90 Å². The number of hydrogen-bond donors (Lipinski definition) is 1. The smallest absolute Gasteiger partial charge is 0.241 e. The summed E-state index contributed by atoms with van der Waals surface area (Å²) in [5.74, 6) is 0.0949. The Balaban J connectivity index is 1.55. The van der Waals surface area contributed by atoms with Crippen LogP contribution in [0.25, 0.3) is 0 Å². The number of sulfonamides is 1. The average molecular weight is 370 g/mol. The Hall–Kier alpha value is -2.18. The van der Waals surface area contributed by atoms with Gasteiger partial charge in [0.25, 0.3) is 0 Å². The van der Waals surface area contributed by atoms with Crippen LogP contribution in [0.2, 0.25) is 0 Å². The van der Waals surface area contributed by atoms with Crippen molar-refractivity contribution in [1.82, 2.24) is 4.72 Å². The van der Waals surface area contributed by atoms with Gasteiger partial charge in [0.05, 0.1) is 4.90 Å².